The van der Waals surface area contributed by atoms with Crippen molar-refractivity contribution in [3.05, 3.63) is 28.7 Å². The molecule has 3 heteroatoms. The number of aliphatic hydroxyl groups is 1. The Morgan fingerprint density at radius 2 is 2.00 bits per heavy atom. The van der Waals surface area contributed by atoms with E-state index in [4.69, 9.17) is 4.74 Å². The highest BCUT2D eigenvalue weighted by molar-refractivity contribution is 9.10. The second-order valence-corrected chi connectivity index (χ2v) is 5.76. The minimum Gasteiger partial charge on any atom is -0.493 e. The van der Waals surface area contributed by atoms with Crippen LogP contribution in [0.15, 0.2) is 28.7 Å². The Bertz CT molecular complexity index is 359. The zero-order valence-corrected chi connectivity index (χ0v) is 11.6. The van der Waals surface area contributed by atoms with Crippen LogP contribution in [0.25, 0.3) is 0 Å². The Morgan fingerprint density at radius 1 is 1.24 bits per heavy atom. The van der Waals surface area contributed by atoms with Crippen molar-refractivity contribution in [3.8, 4) is 5.75 Å². The van der Waals surface area contributed by atoms with Crippen molar-refractivity contribution in [2.45, 2.75) is 44.1 Å². The van der Waals surface area contributed by atoms with Gasteiger partial charge in [-0.3, -0.25) is 0 Å². The van der Waals surface area contributed by atoms with Gasteiger partial charge in [0, 0.05) is 10.9 Å². The van der Waals surface area contributed by atoms with Gasteiger partial charge in [-0.25, -0.2) is 0 Å². The van der Waals surface area contributed by atoms with E-state index in [1.807, 2.05) is 24.3 Å². The van der Waals surface area contributed by atoms with Gasteiger partial charge >= 0.3 is 0 Å². The van der Waals surface area contributed by atoms with Crippen LogP contribution in [0.1, 0.15) is 38.5 Å². The van der Waals surface area contributed by atoms with Gasteiger partial charge in [0.25, 0.3) is 0 Å². The van der Waals surface area contributed by atoms with Crippen molar-refractivity contribution < 1.29 is 9.84 Å². The van der Waals surface area contributed by atoms with E-state index in [1.54, 1.807) is 0 Å². The molecule has 1 aliphatic carbocycles. The maximum Gasteiger partial charge on any atom is 0.120 e. The zero-order valence-electron chi connectivity index (χ0n) is 9.99. The molecule has 17 heavy (non-hydrogen) atoms. The normalized spacial score (nSPS) is 18.9. The van der Waals surface area contributed by atoms with E-state index in [2.05, 4.69) is 15.9 Å². The molecule has 0 atom stereocenters. The second kappa shape index (κ2) is 5.87. The summed E-state index contributed by atoms with van der Waals surface area (Å²) in [5.41, 5.74) is -0.482. The van der Waals surface area contributed by atoms with Crippen LogP contribution in [0.4, 0.5) is 0 Å². The molecule has 1 saturated carbocycles. The number of halogens is 1. The maximum absolute atomic E-state index is 10.3. The lowest BCUT2D eigenvalue weighted by atomic mass is 9.83. The summed E-state index contributed by atoms with van der Waals surface area (Å²) in [5, 5.41) is 10.3. The van der Waals surface area contributed by atoms with Crippen molar-refractivity contribution >= 4 is 15.9 Å². The van der Waals surface area contributed by atoms with Gasteiger partial charge in [0.15, 0.2) is 0 Å². The van der Waals surface area contributed by atoms with Crippen LogP contribution in [0, 0.1) is 0 Å². The average molecular weight is 299 g/mol. The van der Waals surface area contributed by atoms with Gasteiger partial charge in [0.2, 0.25) is 0 Å². The van der Waals surface area contributed by atoms with Crippen LogP contribution in [0.2, 0.25) is 0 Å². The van der Waals surface area contributed by atoms with Crippen molar-refractivity contribution in [1.29, 1.82) is 0 Å². The topological polar surface area (TPSA) is 29.5 Å². The lowest BCUT2D eigenvalue weighted by Gasteiger charge is -2.31. The predicted octanol–water partition coefficient (Wildman–Crippen LogP) is 3.91. The van der Waals surface area contributed by atoms with Gasteiger partial charge in [-0.1, -0.05) is 41.3 Å². The number of ether oxygens (including phenoxy) is 1. The summed E-state index contributed by atoms with van der Waals surface area (Å²) in [6.07, 6.45) is 6.14. The third-order valence-electron chi connectivity index (χ3n) is 3.42. The zero-order chi connectivity index (χ0) is 12.1. The highest BCUT2D eigenvalue weighted by Gasteiger charge is 2.28. The number of hydrogen-bond donors (Lipinski definition) is 1. The molecule has 0 unspecified atom stereocenters. The Hall–Kier alpha value is -0.540. The molecule has 1 N–H and O–H groups in total. The van der Waals surface area contributed by atoms with E-state index in [0.29, 0.717) is 6.61 Å². The number of rotatable bonds is 4. The summed E-state index contributed by atoms with van der Waals surface area (Å²) < 4.78 is 6.68. The molecule has 1 fully saturated rings. The first-order chi connectivity index (χ1) is 8.18. The van der Waals surface area contributed by atoms with Crippen LogP contribution >= 0.6 is 15.9 Å². The Kier molecular flexibility index (Phi) is 4.46. The van der Waals surface area contributed by atoms with E-state index < -0.39 is 5.60 Å². The largest absolute Gasteiger partial charge is 0.493 e. The van der Waals surface area contributed by atoms with Gasteiger partial charge in [-0.2, -0.15) is 0 Å². The minimum absolute atomic E-state index is 0.482. The fraction of sp³-hybridized carbons (Fsp3) is 0.571. The second-order valence-electron chi connectivity index (χ2n) is 4.84. The molecule has 0 radical (unpaired) electrons. The molecule has 2 nitrogen and oxygen atoms in total. The molecule has 0 saturated heterocycles. The van der Waals surface area contributed by atoms with Crippen molar-refractivity contribution in [2.24, 2.45) is 0 Å². The van der Waals surface area contributed by atoms with Crippen LogP contribution in [-0.4, -0.2) is 17.3 Å². The van der Waals surface area contributed by atoms with Gasteiger partial charge < -0.3 is 9.84 Å². The molecule has 0 spiro atoms. The Balaban J connectivity index is 1.79. The third kappa shape index (κ3) is 4.00. The van der Waals surface area contributed by atoms with Crippen LogP contribution < -0.4 is 4.74 Å². The molecule has 0 amide bonds. The van der Waals surface area contributed by atoms with Crippen molar-refractivity contribution in [3.63, 3.8) is 0 Å². The number of benzene rings is 1. The third-order valence-corrected chi connectivity index (χ3v) is 3.91. The standard InChI is InChI=1S/C14H19BrO2/c15-12-5-4-6-13(11-12)17-10-9-14(16)7-2-1-3-8-14/h4-6,11,16H,1-3,7-10H2. The van der Waals surface area contributed by atoms with E-state index in [1.165, 1.54) is 6.42 Å². The smallest absolute Gasteiger partial charge is 0.120 e. The molecule has 0 bridgehead atoms. The minimum atomic E-state index is -0.482. The molecule has 94 valence electrons. The monoisotopic (exact) mass is 298 g/mol. The summed E-state index contributed by atoms with van der Waals surface area (Å²) in [4.78, 5) is 0. The van der Waals surface area contributed by atoms with E-state index in [9.17, 15) is 5.11 Å². The fourth-order valence-electron chi connectivity index (χ4n) is 2.38. The van der Waals surface area contributed by atoms with E-state index in [0.717, 1.165) is 42.3 Å². The van der Waals surface area contributed by atoms with Gasteiger partial charge in [0.05, 0.1) is 12.2 Å². The van der Waals surface area contributed by atoms with E-state index >= 15 is 0 Å². The lowest BCUT2D eigenvalue weighted by molar-refractivity contribution is -0.0135. The van der Waals surface area contributed by atoms with E-state index in [-0.39, 0.29) is 0 Å². The first kappa shape index (κ1) is 12.9. The quantitative estimate of drug-likeness (QED) is 0.913. The molecule has 0 aromatic heterocycles. The summed E-state index contributed by atoms with van der Waals surface area (Å²) in [5.74, 6) is 0.860. The fourth-order valence-corrected chi connectivity index (χ4v) is 2.75. The summed E-state index contributed by atoms with van der Waals surface area (Å²) >= 11 is 3.41. The molecule has 1 aromatic rings. The van der Waals surface area contributed by atoms with Crippen molar-refractivity contribution in [2.75, 3.05) is 6.61 Å². The Morgan fingerprint density at radius 3 is 2.71 bits per heavy atom. The summed E-state index contributed by atoms with van der Waals surface area (Å²) in [7, 11) is 0. The number of hydrogen-bond acceptors (Lipinski definition) is 2. The summed E-state index contributed by atoms with van der Waals surface area (Å²) in [6.45, 7) is 0.590. The SMILES string of the molecule is OC1(CCOc2cccc(Br)c2)CCCCC1. The van der Waals surface area contributed by atoms with Gasteiger partial charge in [0.1, 0.15) is 5.75 Å². The first-order valence-corrected chi connectivity index (χ1v) is 7.08. The Labute approximate surface area is 111 Å². The summed E-state index contributed by atoms with van der Waals surface area (Å²) in [6, 6.07) is 7.82. The molecular formula is C14H19BrO2. The first-order valence-electron chi connectivity index (χ1n) is 6.29. The molecule has 2 rings (SSSR count). The maximum atomic E-state index is 10.3. The van der Waals surface area contributed by atoms with Gasteiger partial charge in [-0.05, 0) is 31.0 Å². The lowest BCUT2D eigenvalue weighted by Crippen LogP contribution is -2.33. The molecule has 0 heterocycles. The predicted molar refractivity (Wildman–Crippen MR) is 72.3 cm³/mol. The highest BCUT2D eigenvalue weighted by Crippen LogP contribution is 2.31. The average Bonchev–Trinajstić information content (AvgIpc) is 2.30. The molecule has 0 aliphatic heterocycles. The van der Waals surface area contributed by atoms with Crippen LogP contribution in [0.3, 0.4) is 0 Å². The van der Waals surface area contributed by atoms with Crippen molar-refractivity contribution in [1.82, 2.24) is 0 Å². The van der Waals surface area contributed by atoms with Gasteiger partial charge in [-0.15, -0.1) is 0 Å². The molecule has 1 aromatic carbocycles. The molecular weight excluding hydrogens is 280 g/mol. The van der Waals surface area contributed by atoms with Crippen LogP contribution in [-0.2, 0) is 0 Å². The van der Waals surface area contributed by atoms with Crippen LogP contribution in [0.5, 0.6) is 5.75 Å². The molecule has 1 aliphatic rings. The highest BCUT2D eigenvalue weighted by atomic mass is 79.9.